The maximum Gasteiger partial charge on any atom is 0.0260 e. The van der Waals surface area contributed by atoms with Gasteiger partial charge in [-0.2, -0.15) is 0 Å². The summed E-state index contributed by atoms with van der Waals surface area (Å²) in [5.41, 5.74) is 2.69. The molecule has 0 heterocycles. The maximum absolute atomic E-state index is 5.73. The highest BCUT2D eigenvalue weighted by Crippen LogP contribution is 2.21. The van der Waals surface area contributed by atoms with Crippen molar-refractivity contribution in [3.63, 3.8) is 0 Å². The lowest BCUT2D eigenvalue weighted by Gasteiger charge is -2.12. The van der Waals surface area contributed by atoms with Crippen LogP contribution in [0.5, 0.6) is 0 Å². The van der Waals surface area contributed by atoms with Gasteiger partial charge in [-0.25, -0.2) is 0 Å². The second-order valence-electron chi connectivity index (χ2n) is 2.96. The molecule has 0 aromatic carbocycles. The first-order valence-electron chi connectivity index (χ1n) is 4.73. The van der Waals surface area contributed by atoms with Crippen LogP contribution >= 0.6 is 46.4 Å². The van der Waals surface area contributed by atoms with E-state index in [0.29, 0.717) is 23.5 Å². The lowest BCUT2D eigenvalue weighted by Crippen LogP contribution is -1.97. The first kappa shape index (κ1) is 14.9. The predicted molar refractivity (Wildman–Crippen MR) is 68.4 cm³/mol. The fourth-order valence-electron chi connectivity index (χ4n) is 1.41. The molecule has 0 bridgehead atoms. The molecule has 0 nitrogen and oxygen atoms in total. The summed E-state index contributed by atoms with van der Waals surface area (Å²) in [5, 5.41) is 0. The Bertz CT molecular complexity index is 132. The first-order chi connectivity index (χ1) is 6.79. The van der Waals surface area contributed by atoms with Crippen LogP contribution < -0.4 is 0 Å². The number of rotatable bonds is 8. The highest BCUT2D eigenvalue weighted by Gasteiger charge is 2.05. The Kier molecular flexibility index (Phi) is 11.1. The smallest absolute Gasteiger partial charge is 0.0260 e. The molecule has 0 aliphatic rings. The summed E-state index contributed by atoms with van der Waals surface area (Å²) >= 11 is 22.9. The van der Waals surface area contributed by atoms with Crippen LogP contribution in [0.4, 0.5) is 0 Å². The van der Waals surface area contributed by atoms with Gasteiger partial charge in [0.15, 0.2) is 0 Å². The van der Waals surface area contributed by atoms with E-state index >= 15 is 0 Å². The van der Waals surface area contributed by atoms with Gasteiger partial charge in [-0.3, -0.25) is 0 Å². The van der Waals surface area contributed by atoms with E-state index in [1.165, 1.54) is 11.1 Å². The maximum atomic E-state index is 5.73. The van der Waals surface area contributed by atoms with Gasteiger partial charge < -0.3 is 0 Å². The molecule has 0 radical (unpaired) electrons. The fraction of sp³-hybridized carbons (Fsp3) is 0.800. The Balaban J connectivity index is 4.45. The molecule has 0 saturated heterocycles. The lowest BCUT2D eigenvalue weighted by molar-refractivity contribution is 0.874. The Morgan fingerprint density at radius 2 is 0.714 bits per heavy atom. The van der Waals surface area contributed by atoms with Crippen LogP contribution in [-0.2, 0) is 0 Å². The molecule has 0 saturated carbocycles. The van der Waals surface area contributed by atoms with Crippen LogP contribution in [0, 0.1) is 0 Å². The van der Waals surface area contributed by atoms with Gasteiger partial charge in [0.2, 0.25) is 0 Å². The second kappa shape index (κ2) is 10.4. The van der Waals surface area contributed by atoms with Crippen LogP contribution in [-0.4, -0.2) is 23.5 Å². The van der Waals surface area contributed by atoms with E-state index in [1.54, 1.807) is 0 Å². The molecule has 0 spiro atoms. The third-order valence-corrected chi connectivity index (χ3v) is 2.84. The average Bonchev–Trinajstić information content (AvgIpc) is 2.17. The normalized spacial score (nSPS) is 10.3. The fourth-order valence-corrected chi connectivity index (χ4v) is 2.33. The van der Waals surface area contributed by atoms with Gasteiger partial charge in [0.1, 0.15) is 0 Å². The van der Waals surface area contributed by atoms with E-state index in [4.69, 9.17) is 46.4 Å². The molecule has 0 atom stereocenters. The van der Waals surface area contributed by atoms with Crippen molar-refractivity contribution in [2.75, 3.05) is 23.5 Å². The number of hydrogen-bond acceptors (Lipinski definition) is 0. The zero-order chi connectivity index (χ0) is 10.8. The molecule has 0 aromatic rings. The van der Waals surface area contributed by atoms with E-state index in [2.05, 4.69) is 0 Å². The van der Waals surface area contributed by atoms with Crippen LogP contribution in [0.25, 0.3) is 0 Å². The van der Waals surface area contributed by atoms with E-state index in [9.17, 15) is 0 Å². The van der Waals surface area contributed by atoms with E-state index in [1.807, 2.05) is 0 Å². The number of hydrogen-bond donors (Lipinski definition) is 0. The molecule has 4 heteroatoms. The van der Waals surface area contributed by atoms with Gasteiger partial charge in [-0.15, -0.1) is 46.4 Å². The topological polar surface area (TPSA) is 0 Å². The van der Waals surface area contributed by atoms with Crippen molar-refractivity contribution in [1.82, 2.24) is 0 Å². The van der Waals surface area contributed by atoms with E-state index in [-0.39, 0.29) is 0 Å². The Morgan fingerprint density at radius 3 is 0.857 bits per heavy atom. The van der Waals surface area contributed by atoms with Crippen molar-refractivity contribution < 1.29 is 0 Å². The van der Waals surface area contributed by atoms with Crippen molar-refractivity contribution in [2.45, 2.75) is 25.7 Å². The molecule has 0 unspecified atom stereocenters. The summed E-state index contributed by atoms with van der Waals surface area (Å²) in [6.45, 7) is 0. The van der Waals surface area contributed by atoms with Gasteiger partial charge in [-0.1, -0.05) is 11.1 Å². The average molecular weight is 278 g/mol. The summed E-state index contributed by atoms with van der Waals surface area (Å²) < 4.78 is 0. The second-order valence-corrected chi connectivity index (χ2v) is 4.47. The monoisotopic (exact) mass is 276 g/mol. The van der Waals surface area contributed by atoms with Crippen LogP contribution in [0.15, 0.2) is 11.1 Å². The van der Waals surface area contributed by atoms with Crippen molar-refractivity contribution in [3.8, 4) is 0 Å². The van der Waals surface area contributed by atoms with Crippen LogP contribution in [0.2, 0.25) is 0 Å². The Hall–Kier alpha value is 0.900. The van der Waals surface area contributed by atoms with Crippen LogP contribution in [0.3, 0.4) is 0 Å². The van der Waals surface area contributed by atoms with Crippen LogP contribution in [0.1, 0.15) is 25.7 Å². The Morgan fingerprint density at radius 1 is 0.500 bits per heavy atom. The van der Waals surface area contributed by atoms with Gasteiger partial charge in [0.25, 0.3) is 0 Å². The van der Waals surface area contributed by atoms with Crippen molar-refractivity contribution >= 4 is 46.4 Å². The highest BCUT2D eigenvalue weighted by atomic mass is 35.5. The third-order valence-electron chi connectivity index (χ3n) is 2.09. The quantitative estimate of drug-likeness (QED) is 0.442. The summed E-state index contributed by atoms with van der Waals surface area (Å²) in [4.78, 5) is 0. The molecular formula is C10H16Cl4. The Labute approximate surface area is 107 Å². The summed E-state index contributed by atoms with van der Waals surface area (Å²) in [5.74, 6) is 2.56. The highest BCUT2D eigenvalue weighted by molar-refractivity contribution is 6.19. The molecule has 0 aliphatic carbocycles. The summed E-state index contributed by atoms with van der Waals surface area (Å²) in [6.07, 6.45) is 3.60. The number of halogens is 4. The molecule has 0 fully saturated rings. The molecule has 0 rings (SSSR count). The van der Waals surface area contributed by atoms with E-state index < -0.39 is 0 Å². The minimum atomic E-state index is 0.639. The molecule has 84 valence electrons. The molecule has 0 N–H and O–H groups in total. The summed E-state index contributed by atoms with van der Waals surface area (Å²) in [6, 6.07) is 0. The molecule has 0 amide bonds. The van der Waals surface area contributed by atoms with E-state index in [0.717, 1.165) is 25.7 Å². The zero-order valence-corrected chi connectivity index (χ0v) is 11.2. The molecule has 14 heavy (non-hydrogen) atoms. The van der Waals surface area contributed by atoms with Crippen molar-refractivity contribution in [1.29, 1.82) is 0 Å². The predicted octanol–water partition coefficient (Wildman–Crippen LogP) is 4.80. The van der Waals surface area contributed by atoms with Gasteiger partial charge in [0, 0.05) is 23.5 Å². The largest absolute Gasteiger partial charge is 0.126 e. The zero-order valence-electron chi connectivity index (χ0n) is 8.17. The van der Waals surface area contributed by atoms with Gasteiger partial charge in [-0.05, 0) is 25.7 Å². The molecule has 0 aromatic heterocycles. The minimum Gasteiger partial charge on any atom is -0.126 e. The minimum absolute atomic E-state index is 0.639. The number of allylic oxidation sites excluding steroid dienone is 2. The molecule has 0 aliphatic heterocycles. The summed E-state index contributed by atoms with van der Waals surface area (Å²) in [7, 11) is 0. The third kappa shape index (κ3) is 6.40. The van der Waals surface area contributed by atoms with Gasteiger partial charge >= 0.3 is 0 Å². The first-order valence-corrected chi connectivity index (χ1v) is 6.87. The molecular weight excluding hydrogens is 262 g/mol. The van der Waals surface area contributed by atoms with Crippen molar-refractivity contribution in [2.24, 2.45) is 0 Å². The van der Waals surface area contributed by atoms with Crippen molar-refractivity contribution in [3.05, 3.63) is 11.1 Å². The standard InChI is InChI=1S/C10H16Cl4/c11-5-1-9(2-6-12)10(3-7-13)4-8-14/h1-8H2. The number of alkyl halides is 4. The lowest BCUT2D eigenvalue weighted by atomic mass is 9.99. The van der Waals surface area contributed by atoms with Gasteiger partial charge in [0.05, 0.1) is 0 Å². The SMILES string of the molecule is ClCCC(CCCl)=C(CCCl)CCCl.